The Balaban J connectivity index is 2.42. The Bertz CT molecular complexity index is 504. The highest BCUT2D eigenvalue weighted by Gasteiger charge is 2.10. The molecule has 4 nitrogen and oxygen atoms in total. The first-order valence-corrected chi connectivity index (χ1v) is 5.81. The van der Waals surface area contributed by atoms with Gasteiger partial charge in [-0.2, -0.15) is 5.10 Å². The Labute approximate surface area is 102 Å². The van der Waals surface area contributed by atoms with Gasteiger partial charge in [-0.1, -0.05) is 15.9 Å². The summed E-state index contributed by atoms with van der Waals surface area (Å²) < 4.78 is 1.05. The number of nitrogens with zero attached hydrogens (tertiary/aromatic N) is 2. The third kappa shape index (κ3) is 2.15. The van der Waals surface area contributed by atoms with E-state index < -0.39 is 0 Å². The average Bonchev–Trinajstić information content (AvgIpc) is 2.66. The van der Waals surface area contributed by atoms with Crippen molar-refractivity contribution < 1.29 is 0 Å². The van der Waals surface area contributed by atoms with Crippen molar-refractivity contribution in [3.05, 3.63) is 34.1 Å². The van der Waals surface area contributed by atoms with Gasteiger partial charge in [-0.3, -0.25) is 5.10 Å². The van der Waals surface area contributed by atoms with Crippen LogP contribution in [-0.2, 0) is 0 Å². The molecule has 5 heteroatoms. The molecule has 16 heavy (non-hydrogen) atoms. The number of nitrogens with one attached hydrogen (secondary N) is 1. The summed E-state index contributed by atoms with van der Waals surface area (Å²) >= 11 is 3.43. The van der Waals surface area contributed by atoms with Crippen LogP contribution in [-0.4, -0.2) is 15.2 Å². The normalized spacial score (nSPS) is 12.8. The van der Waals surface area contributed by atoms with Crippen LogP contribution in [0.5, 0.6) is 0 Å². The molecular weight excluding hydrogens is 268 g/mol. The van der Waals surface area contributed by atoms with Gasteiger partial charge in [0.2, 0.25) is 0 Å². The first-order valence-electron chi connectivity index (χ1n) is 5.02. The quantitative estimate of drug-likeness (QED) is 0.889. The molecule has 1 unspecified atom stereocenters. The number of benzene rings is 1. The summed E-state index contributed by atoms with van der Waals surface area (Å²) in [6.45, 7) is 3.90. The monoisotopic (exact) mass is 280 g/mol. The molecule has 0 amide bonds. The van der Waals surface area contributed by atoms with Gasteiger partial charge in [-0.25, -0.2) is 4.98 Å². The van der Waals surface area contributed by atoms with E-state index in [4.69, 9.17) is 5.73 Å². The lowest BCUT2D eigenvalue weighted by Gasteiger charge is -2.01. The van der Waals surface area contributed by atoms with Crippen molar-refractivity contribution in [2.24, 2.45) is 5.73 Å². The maximum absolute atomic E-state index is 5.73. The van der Waals surface area contributed by atoms with Crippen molar-refractivity contribution in [1.82, 2.24) is 15.2 Å². The van der Waals surface area contributed by atoms with E-state index in [-0.39, 0.29) is 6.04 Å². The molecule has 3 N–H and O–H groups in total. The van der Waals surface area contributed by atoms with Gasteiger partial charge < -0.3 is 5.73 Å². The van der Waals surface area contributed by atoms with Crippen molar-refractivity contribution in [3.8, 4) is 11.4 Å². The number of nitrogens with two attached hydrogens (primary N) is 1. The van der Waals surface area contributed by atoms with E-state index in [0.717, 1.165) is 15.6 Å². The minimum absolute atomic E-state index is 0.128. The molecule has 0 radical (unpaired) electrons. The average molecular weight is 281 g/mol. The van der Waals surface area contributed by atoms with E-state index in [1.807, 2.05) is 32.0 Å². The molecule has 1 aromatic heterocycles. The predicted octanol–water partition coefficient (Wildman–Crippen LogP) is 2.56. The molecule has 2 rings (SSSR count). The van der Waals surface area contributed by atoms with E-state index in [9.17, 15) is 0 Å². The first kappa shape index (κ1) is 11.3. The molecule has 0 saturated carbocycles. The summed E-state index contributed by atoms with van der Waals surface area (Å²) in [5, 5.41) is 7.01. The standard InChI is InChI=1S/C11H13BrN4/c1-6-5-8(12)3-4-9(6)11-14-10(7(2)13)15-16-11/h3-5,7H,13H2,1-2H3,(H,14,15,16). The van der Waals surface area contributed by atoms with Crippen molar-refractivity contribution >= 4 is 15.9 Å². The summed E-state index contributed by atoms with van der Waals surface area (Å²) in [4.78, 5) is 4.36. The van der Waals surface area contributed by atoms with Gasteiger partial charge in [0, 0.05) is 10.0 Å². The van der Waals surface area contributed by atoms with Gasteiger partial charge in [0.1, 0.15) is 5.82 Å². The summed E-state index contributed by atoms with van der Waals surface area (Å²) in [6, 6.07) is 5.88. The fourth-order valence-corrected chi connectivity index (χ4v) is 1.95. The Morgan fingerprint density at radius 1 is 1.44 bits per heavy atom. The van der Waals surface area contributed by atoms with Gasteiger partial charge in [0.15, 0.2) is 5.82 Å². The Morgan fingerprint density at radius 3 is 2.75 bits per heavy atom. The molecule has 0 bridgehead atoms. The topological polar surface area (TPSA) is 67.6 Å². The molecule has 84 valence electrons. The fourth-order valence-electron chi connectivity index (χ4n) is 1.48. The minimum atomic E-state index is -0.128. The molecule has 1 aromatic carbocycles. The molecule has 0 spiro atoms. The van der Waals surface area contributed by atoms with Gasteiger partial charge in [0.25, 0.3) is 0 Å². The zero-order valence-electron chi connectivity index (χ0n) is 9.16. The van der Waals surface area contributed by atoms with Crippen molar-refractivity contribution in [3.63, 3.8) is 0 Å². The second kappa shape index (κ2) is 4.35. The lowest BCUT2D eigenvalue weighted by Crippen LogP contribution is -2.06. The van der Waals surface area contributed by atoms with Crippen molar-refractivity contribution in [1.29, 1.82) is 0 Å². The lowest BCUT2D eigenvalue weighted by atomic mass is 10.1. The zero-order valence-corrected chi connectivity index (χ0v) is 10.7. The number of hydrogen-bond acceptors (Lipinski definition) is 3. The summed E-state index contributed by atoms with van der Waals surface area (Å²) in [5.74, 6) is 1.40. The second-order valence-corrected chi connectivity index (χ2v) is 4.71. The molecule has 0 saturated heterocycles. The van der Waals surface area contributed by atoms with Crippen LogP contribution in [0.2, 0.25) is 0 Å². The largest absolute Gasteiger partial charge is 0.322 e. The van der Waals surface area contributed by atoms with Crippen LogP contribution in [0.1, 0.15) is 24.4 Å². The highest BCUT2D eigenvalue weighted by atomic mass is 79.9. The molecule has 0 aliphatic carbocycles. The Morgan fingerprint density at radius 2 is 2.19 bits per heavy atom. The maximum Gasteiger partial charge on any atom is 0.181 e. The van der Waals surface area contributed by atoms with Crippen molar-refractivity contribution in [2.75, 3.05) is 0 Å². The third-order valence-electron chi connectivity index (χ3n) is 2.36. The van der Waals surface area contributed by atoms with E-state index >= 15 is 0 Å². The zero-order chi connectivity index (χ0) is 11.7. The van der Waals surface area contributed by atoms with Crippen LogP contribution in [0.15, 0.2) is 22.7 Å². The Hall–Kier alpha value is -1.20. The number of hydrogen-bond donors (Lipinski definition) is 2. The first-order chi connectivity index (χ1) is 7.58. The van der Waals surface area contributed by atoms with E-state index in [1.165, 1.54) is 0 Å². The highest BCUT2D eigenvalue weighted by molar-refractivity contribution is 9.10. The summed E-state index contributed by atoms with van der Waals surface area (Å²) in [5.41, 5.74) is 7.88. The number of aromatic nitrogens is 3. The number of H-pyrrole nitrogens is 1. The van der Waals surface area contributed by atoms with Gasteiger partial charge >= 0.3 is 0 Å². The van der Waals surface area contributed by atoms with Crippen LogP contribution in [0.4, 0.5) is 0 Å². The van der Waals surface area contributed by atoms with Crippen LogP contribution < -0.4 is 5.73 Å². The van der Waals surface area contributed by atoms with E-state index in [2.05, 4.69) is 31.1 Å². The maximum atomic E-state index is 5.73. The second-order valence-electron chi connectivity index (χ2n) is 3.79. The summed E-state index contributed by atoms with van der Waals surface area (Å²) in [6.07, 6.45) is 0. The minimum Gasteiger partial charge on any atom is -0.322 e. The molecule has 1 heterocycles. The van der Waals surface area contributed by atoms with E-state index in [1.54, 1.807) is 0 Å². The van der Waals surface area contributed by atoms with Gasteiger partial charge in [-0.15, -0.1) is 0 Å². The molecule has 0 aliphatic heterocycles. The van der Waals surface area contributed by atoms with E-state index in [0.29, 0.717) is 11.6 Å². The van der Waals surface area contributed by atoms with Gasteiger partial charge in [0.05, 0.1) is 6.04 Å². The lowest BCUT2D eigenvalue weighted by molar-refractivity contribution is 0.745. The molecule has 0 aliphatic rings. The molecule has 2 aromatic rings. The fraction of sp³-hybridized carbons (Fsp3) is 0.273. The number of halogens is 1. The third-order valence-corrected chi connectivity index (χ3v) is 2.86. The predicted molar refractivity (Wildman–Crippen MR) is 66.9 cm³/mol. The Kier molecular flexibility index (Phi) is 3.07. The molecule has 0 fully saturated rings. The number of aromatic amines is 1. The molecule has 1 atom stereocenters. The number of aryl methyl sites for hydroxylation is 1. The van der Waals surface area contributed by atoms with Crippen molar-refractivity contribution in [2.45, 2.75) is 19.9 Å². The van der Waals surface area contributed by atoms with Gasteiger partial charge in [-0.05, 0) is 37.6 Å². The highest BCUT2D eigenvalue weighted by Crippen LogP contribution is 2.23. The van der Waals surface area contributed by atoms with Crippen LogP contribution in [0, 0.1) is 6.92 Å². The van der Waals surface area contributed by atoms with Crippen LogP contribution >= 0.6 is 15.9 Å². The van der Waals surface area contributed by atoms with Crippen LogP contribution in [0.25, 0.3) is 11.4 Å². The SMILES string of the molecule is Cc1cc(Br)ccc1-c1n[nH]c(C(C)N)n1. The van der Waals surface area contributed by atoms with Crippen LogP contribution in [0.3, 0.4) is 0 Å². The smallest absolute Gasteiger partial charge is 0.181 e. The molecular formula is C11H13BrN4. The summed E-state index contributed by atoms with van der Waals surface area (Å²) in [7, 11) is 0. The number of rotatable bonds is 2.